The number of urea groups is 1. The van der Waals surface area contributed by atoms with Crippen molar-refractivity contribution in [1.29, 1.82) is 0 Å². The Bertz CT molecular complexity index is 1310. The van der Waals surface area contributed by atoms with E-state index in [9.17, 15) is 14.0 Å². The number of nitrogens with zero attached hydrogens (tertiary/aromatic N) is 2. The van der Waals surface area contributed by atoms with Crippen molar-refractivity contribution in [3.8, 4) is 11.3 Å². The summed E-state index contributed by atoms with van der Waals surface area (Å²) in [5.41, 5.74) is 3.46. The van der Waals surface area contributed by atoms with Gasteiger partial charge < -0.3 is 10.2 Å². The first-order valence-corrected chi connectivity index (χ1v) is 9.50. The number of carbonyl (C=O) groups is 1. The maximum absolute atomic E-state index is 14.4. The van der Waals surface area contributed by atoms with Crippen molar-refractivity contribution in [3.63, 3.8) is 0 Å². The highest BCUT2D eigenvalue weighted by Crippen LogP contribution is 2.28. The Kier molecular flexibility index (Phi) is 4.28. The van der Waals surface area contributed by atoms with E-state index in [4.69, 9.17) is 0 Å². The molecular weight excluding hydrogens is 383 g/mol. The highest BCUT2D eigenvalue weighted by Gasteiger charge is 2.22. The van der Waals surface area contributed by atoms with E-state index in [1.807, 2.05) is 24.3 Å². The number of rotatable bonds is 2. The molecule has 148 valence electrons. The van der Waals surface area contributed by atoms with Gasteiger partial charge in [0.15, 0.2) is 0 Å². The van der Waals surface area contributed by atoms with Crippen LogP contribution in [0.1, 0.15) is 11.1 Å². The second kappa shape index (κ2) is 7.11. The Morgan fingerprint density at radius 3 is 2.37 bits per heavy atom. The fourth-order valence-electron chi connectivity index (χ4n) is 3.78. The molecule has 7 heteroatoms. The van der Waals surface area contributed by atoms with Gasteiger partial charge in [-0.3, -0.25) is 4.79 Å². The molecule has 6 nitrogen and oxygen atoms in total. The summed E-state index contributed by atoms with van der Waals surface area (Å²) in [7, 11) is 0. The van der Waals surface area contributed by atoms with Crippen LogP contribution in [0.2, 0.25) is 0 Å². The maximum Gasteiger partial charge on any atom is 0.322 e. The summed E-state index contributed by atoms with van der Waals surface area (Å²) in [6, 6.07) is 19.1. The molecule has 1 aromatic heterocycles. The minimum atomic E-state index is -0.507. The summed E-state index contributed by atoms with van der Waals surface area (Å²) in [6.45, 7) is 1.15. The first-order valence-electron chi connectivity index (χ1n) is 9.50. The van der Waals surface area contributed by atoms with Crippen LogP contribution in [0.15, 0.2) is 71.5 Å². The lowest BCUT2D eigenvalue weighted by atomic mass is 10.0. The molecule has 1 aliphatic heterocycles. The van der Waals surface area contributed by atoms with E-state index in [-0.39, 0.29) is 16.8 Å². The van der Waals surface area contributed by atoms with Crippen molar-refractivity contribution in [3.05, 3.63) is 94.0 Å². The number of aromatic nitrogens is 2. The summed E-state index contributed by atoms with van der Waals surface area (Å²) in [4.78, 5) is 26.3. The van der Waals surface area contributed by atoms with Gasteiger partial charge in [0.25, 0.3) is 5.56 Å². The fraction of sp³-hybridized carbons (Fsp3) is 0.0870. The molecule has 30 heavy (non-hydrogen) atoms. The Morgan fingerprint density at radius 1 is 0.967 bits per heavy atom. The van der Waals surface area contributed by atoms with E-state index >= 15 is 0 Å². The molecule has 0 radical (unpaired) electrons. The van der Waals surface area contributed by atoms with Crippen molar-refractivity contribution in [1.82, 2.24) is 15.1 Å². The predicted molar refractivity (Wildman–Crippen MR) is 112 cm³/mol. The lowest BCUT2D eigenvalue weighted by Crippen LogP contribution is -2.30. The van der Waals surface area contributed by atoms with Crippen LogP contribution in [0.5, 0.6) is 0 Å². The monoisotopic (exact) mass is 400 g/mol. The molecule has 2 heterocycles. The summed E-state index contributed by atoms with van der Waals surface area (Å²) < 4.78 is 14.4. The van der Waals surface area contributed by atoms with Crippen molar-refractivity contribution in [2.24, 2.45) is 0 Å². The van der Waals surface area contributed by atoms with Gasteiger partial charge in [-0.1, -0.05) is 42.5 Å². The molecule has 0 unspecified atom stereocenters. The lowest BCUT2D eigenvalue weighted by molar-refractivity contribution is 0.212. The van der Waals surface area contributed by atoms with Gasteiger partial charge in [0.1, 0.15) is 11.5 Å². The Morgan fingerprint density at radius 2 is 1.67 bits per heavy atom. The van der Waals surface area contributed by atoms with Crippen LogP contribution in [-0.4, -0.2) is 21.1 Å². The molecule has 0 aliphatic carbocycles. The summed E-state index contributed by atoms with van der Waals surface area (Å²) in [5, 5.41) is 9.76. The van der Waals surface area contributed by atoms with E-state index in [0.29, 0.717) is 30.0 Å². The number of benzene rings is 3. The minimum Gasteiger partial charge on any atom is -0.316 e. The molecule has 0 saturated carbocycles. The molecule has 0 fully saturated rings. The number of anilines is 1. The lowest BCUT2D eigenvalue weighted by Gasteiger charge is -2.16. The smallest absolute Gasteiger partial charge is 0.316 e. The molecule has 2 amide bonds. The van der Waals surface area contributed by atoms with Gasteiger partial charge in [-0.2, -0.15) is 5.10 Å². The maximum atomic E-state index is 14.4. The Balaban J connectivity index is 1.38. The largest absolute Gasteiger partial charge is 0.322 e. The molecule has 0 bridgehead atoms. The van der Waals surface area contributed by atoms with Crippen LogP contribution in [0.25, 0.3) is 22.0 Å². The molecule has 0 spiro atoms. The third-order valence-corrected chi connectivity index (χ3v) is 5.30. The molecule has 1 aliphatic rings. The first kappa shape index (κ1) is 18.1. The van der Waals surface area contributed by atoms with Gasteiger partial charge in [0.05, 0.1) is 10.8 Å². The van der Waals surface area contributed by atoms with E-state index in [0.717, 1.165) is 11.1 Å². The summed E-state index contributed by atoms with van der Waals surface area (Å²) in [6.07, 6.45) is 0. The first-order chi connectivity index (χ1) is 14.6. The van der Waals surface area contributed by atoms with E-state index in [1.165, 1.54) is 12.1 Å². The van der Waals surface area contributed by atoms with Crippen LogP contribution in [0.4, 0.5) is 14.9 Å². The topological polar surface area (TPSA) is 78.1 Å². The highest BCUT2D eigenvalue weighted by molar-refractivity contribution is 5.95. The zero-order valence-electron chi connectivity index (χ0n) is 15.9. The number of aromatic amines is 1. The highest BCUT2D eigenvalue weighted by atomic mass is 19.1. The average Bonchev–Trinajstić information content (AvgIpc) is 3.20. The summed E-state index contributed by atoms with van der Waals surface area (Å²) in [5.74, 6) is -0.507. The van der Waals surface area contributed by atoms with Crippen LogP contribution < -0.4 is 10.9 Å². The van der Waals surface area contributed by atoms with E-state index < -0.39 is 11.4 Å². The van der Waals surface area contributed by atoms with Crippen LogP contribution in [-0.2, 0) is 13.1 Å². The molecule has 3 aromatic carbocycles. The summed E-state index contributed by atoms with van der Waals surface area (Å²) >= 11 is 0. The van der Waals surface area contributed by atoms with Gasteiger partial charge in [0.2, 0.25) is 0 Å². The van der Waals surface area contributed by atoms with Crippen molar-refractivity contribution in [2.45, 2.75) is 13.1 Å². The third kappa shape index (κ3) is 3.10. The van der Waals surface area contributed by atoms with Gasteiger partial charge in [-0.25, -0.2) is 14.3 Å². The average molecular weight is 400 g/mol. The van der Waals surface area contributed by atoms with Gasteiger partial charge in [0, 0.05) is 24.3 Å². The molecule has 4 aromatic rings. The number of fused-ring (bicyclic) bond motifs is 2. The quantitative estimate of drug-likeness (QED) is 0.527. The van der Waals surface area contributed by atoms with Gasteiger partial charge >= 0.3 is 6.03 Å². The number of amides is 2. The van der Waals surface area contributed by atoms with Gasteiger partial charge in [-0.05, 0) is 35.4 Å². The second-order valence-corrected chi connectivity index (χ2v) is 7.20. The van der Waals surface area contributed by atoms with Crippen molar-refractivity contribution in [2.75, 3.05) is 5.32 Å². The number of nitrogens with one attached hydrogen (secondary N) is 2. The normalized spacial score (nSPS) is 12.8. The number of carbonyl (C=O) groups excluding carboxylic acids is 1. The molecule has 5 rings (SSSR count). The Hall–Kier alpha value is -4.00. The fourth-order valence-corrected chi connectivity index (χ4v) is 3.78. The van der Waals surface area contributed by atoms with E-state index in [2.05, 4.69) is 15.5 Å². The molecular formula is C23H17FN4O2. The number of halogens is 1. The number of hydrogen-bond donors (Lipinski definition) is 2. The van der Waals surface area contributed by atoms with Crippen LogP contribution in [0, 0.1) is 5.82 Å². The zero-order chi connectivity index (χ0) is 20.7. The Labute approximate surface area is 171 Å². The minimum absolute atomic E-state index is 0.174. The molecule has 0 saturated heterocycles. The number of H-pyrrole nitrogens is 1. The predicted octanol–water partition coefficient (Wildman–Crippen LogP) is 4.28. The zero-order valence-corrected chi connectivity index (χ0v) is 15.9. The second-order valence-electron chi connectivity index (χ2n) is 7.20. The standard InChI is InChI=1S/C23H17FN4O2/c24-19-7-3-6-18-20(19)21(26-27-22(18)29)14-8-10-17(11-9-14)25-23(30)28-12-15-4-1-2-5-16(15)13-28/h1-11H,12-13H2,(H,25,30)(H,27,29). The molecule has 2 N–H and O–H groups in total. The number of hydrogen-bond acceptors (Lipinski definition) is 3. The third-order valence-electron chi connectivity index (χ3n) is 5.30. The van der Waals surface area contributed by atoms with Crippen LogP contribution in [0.3, 0.4) is 0 Å². The van der Waals surface area contributed by atoms with Crippen molar-refractivity contribution >= 4 is 22.5 Å². The SMILES string of the molecule is O=C(Nc1ccc(-c2n[nH]c(=O)c3cccc(F)c23)cc1)N1Cc2ccccc2C1. The van der Waals surface area contributed by atoms with E-state index in [1.54, 1.807) is 35.2 Å². The van der Waals surface area contributed by atoms with Gasteiger partial charge in [-0.15, -0.1) is 0 Å². The molecule has 0 atom stereocenters. The van der Waals surface area contributed by atoms with Crippen molar-refractivity contribution < 1.29 is 9.18 Å². The van der Waals surface area contributed by atoms with Crippen LogP contribution >= 0.6 is 0 Å².